The minimum Gasteiger partial charge on any atom is -0.465 e. The lowest BCUT2D eigenvalue weighted by Crippen LogP contribution is -2.34. The molecule has 0 amide bonds. The average Bonchev–Trinajstić information content (AvgIpc) is 3.15. The Labute approximate surface area is 184 Å². The van der Waals surface area contributed by atoms with Crippen molar-refractivity contribution in [1.29, 1.82) is 0 Å². The minimum absolute atomic E-state index is 0.0268. The Kier molecular flexibility index (Phi) is 5.55. The number of halogens is 2. The van der Waals surface area contributed by atoms with Crippen LogP contribution >= 0.6 is 11.3 Å². The molecule has 0 spiro atoms. The van der Waals surface area contributed by atoms with E-state index in [2.05, 4.69) is 19.9 Å². The van der Waals surface area contributed by atoms with E-state index in [-0.39, 0.29) is 38.9 Å². The number of hydrogen-bond donors (Lipinski definition) is 1. The lowest BCUT2D eigenvalue weighted by atomic mass is 10.1. The molecular formula is C18H17F2N5O5S2. The summed E-state index contributed by atoms with van der Waals surface area (Å²) in [6, 6.07) is 1.14. The Hall–Kier alpha value is -2.84. The molecule has 0 aliphatic heterocycles. The van der Waals surface area contributed by atoms with Gasteiger partial charge >= 0.3 is 5.97 Å². The van der Waals surface area contributed by atoms with Gasteiger partial charge in [0, 0.05) is 18.2 Å². The lowest BCUT2D eigenvalue weighted by Gasteiger charge is -2.14. The number of aldehydes is 1. The van der Waals surface area contributed by atoms with E-state index in [1.807, 2.05) is 0 Å². The van der Waals surface area contributed by atoms with Gasteiger partial charge in [0.15, 0.2) is 15.8 Å². The molecule has 10 nitrogen and oxygen atoms in total. The van der Waals surface area contributed by atoms with Crippen LogP contribution in [0.5, 0.6) is 0 Å². The summed E-state index contributed by atoms with van der Waals surface area (Å²) in [4.78, 5) is 27.7. The summed E-state index contributed by atoms with van der Waals surface area (Å²) >= 11 is 0.569. The number of sulfonamides is 1. The number of imidazole rings is 1. The molecule has 0 aromatic carbocycles. The molecule has 0 atom stereocenters. The highest BCUT2D eigenvalue weighted by Crippen LogP contribution is 2.37. The number of nitrogens with one attached hydrogen (secondary N) is 1. The van der Waals surface area contributed by atoms with E-state index in [1.165, 1.54) is 10.6 Å². The number of pyridine rings is 1. The third-order valence-corrected chi connectivity index (χ3v) is 7.50. The molecule has 3 heterocycles. The molecular weight excluding hydrogens is 468 g/mol. The number of nitrogens with zero attached hydrogens (tertiary/aromatic N) is 4. The topological polar surface area (TPSA) is 133 Å². The number of ether oxygens (including phenoxy) is 1. The van der Waals surface area contributed by atoms with Gasteiger partial charge in [-0.2, -0.15) is 0 Å². The van der Waals surface area contributed by atoms with Crippen LogP contribution in [0.1, 0.15) is 47.3 Å². The number of fused-ring (bicyclic) bond motifs is 1. The van der Waals surface area contributed by atoms with Crippen molar-refractivity contribution in [2.75, 3.05) is 7.11 Å². The van der Waals surface area contributed by atoms with E-state index in [4.69, 9.17) is 4.74 Å². The van der Waals surface area contributed by atoms with Crippen LogP contribution in [0, 0.1) is 0 Å². The fourth-order valence-electron chi connectivity index (χ4n) is 3.14. The molecule has 1 aliphatic rings. The van der Waals surface area contributed by atoms with Gasteiger partial charge in [0.1, 0.15) is 6.29 Å². The summed E-state index contributed by atoms with van der Waals surface area (Å²) in [5, 5.41) is 6.58. The predicted molar refractivity (Wildman–Crippen MR) is 108 cm³/mol. The molecule has 4 rings (SSSR count). The van der Waals surface area contributed by atoms with E-state index in [1.54, 1.807) is 6.92 Å². The first-order chi connectivity index (χ1) is 15.1. The maximum Gasteiger partial charge on any atom is 0.340 e. The van der Waals surface area contributed by atoms with Crippen molar-refractivity contribution >= 4 is 39.1 Å². The Morgan fingerprint density at radius 3 is 2.69 bits per heavy atom. The molecule has 0 unspecified atom stereocenters. The molecule has 170 valence electrons. The number of aromatic nitrogens is 4. The highest BCUT2D eigenvalue weighted by Gasteiger charge is 2.41. The van der Waals surface area contributed by atoms with Crippen molar-refractivity contribution in [3.05, 3.63) is 28.5 Å². The summed E-state index contributed by atoms with van der Waals surface area (Å²) in [6.45, 7) is 1.75. The quantitative estimate of drug-likeness (QED) is 0.379. The summed E-state index contributed by atoms with van der Waals surface area (Å²) in [6.07, 6.45) is 0.0233. The Morgan fingerprint density at radius 2 is 2.12 bits per heavy atom. The Bertz CT molecular complexity index is 1330. The first kappa shape index (κ1) is 22.4. The number of esters is 1. The normalized spacial score (nSPS) is 15.3. The van der Waals surface area contributed by atoms with Gasteiger partial charge in [0.05, 0.1) is 28.8 Å². The number of carbonyl (C=O) groups is 2. The van der Waals surface area contributed by atoms with E-state index in [0.717, 1.165) is 13.2 Å². The van der Waals surface area contributed by atoms with Gasteiger partial charge in [0.25, 0.3) is 6.43 Å². The predicted octanol–water partition coefficient (Wildman–Crippen LogP) is 2.15. The smallest absolute Gasteiger partial charge is 0.340 e. The molecule has 1 saturated carbocycles. The number of carbonyl (C=O) groups excluding carboxylic acids is 2. The van der Waals surface area contributed by atoms with Gasteiger partial charge < -0.3 is 9.53 Å². The van der Waals surface area contributed by atoms with Gasteiger partial charge in [-0.3, -0.25) is 4.40 Å². The SMILES string of the molecule is COC(=O)c1cc(S(=O)(=O)NC2(C)CC2)cn2c(-c3nnc(C(F)F)s3)nc(CC=O)c12. The zero-order valence-electron chi connectivity index (χ0n) is 16.8. The fourth-order valence-corrected chi connectivity index (χ4v) is 5.31. The maximum absolute atomic E-state index is 13.0. The van der Waals surface area contributed by atoms with Crippen LogP contribution in [-0.4, -0.2) is 52.9 Å². The van der Waals surface area contributed by atoms with Crippen LogP contribution < -0.4 is 4.72 Å². The monoisotopic (exact) mass is 485 g/mol. The molecule has 32 heavy (non-hydrogen) atoms. The summed E-state index contributed by atoms with van der Waals surface area (Å²) in [5.74, 6) is -0.880. The zero-order valence-corrected chi connectivity index (χ0v) is 18.5. The maximum atomic E-state index is 13.0. The summed E-state index contributed by atoms with van der Waals surface area (Å²) < 4.78 is 60.7. The van der Waals surface area contributed by atoms with Gasteiger partial charge in [-0.1, -0.05) is 11.3 Å². The van der Waals surface area contributed by atoms with Crippen molar-refractivity contribution in [3.63, 3.8) is 0 Å². The van der Waals surface area contributed by atoms with Crippen LogP contribution in [0.4, 0.5) is 8.78 Å². The van der Waals surface area contributed by atoms with Crippen LogP contribution in [0.3, 0.4) is 0 Å². The van der Waals surface area contributed by atoms with E-state index < -0.39 is 33.0 Å². The molecule has 1 N–H and O–H groups in total. The third-order valence-electron chi connectivity index (χ3n) is 4.97. The highest BCUT2D eigenvalue weighted by atomic mass is 32.2. The summed E-state index contributed by atoms with van der Waals surface area (Å²) in [5.41, 5.74) is -0.476. The summed E-state index contributed by atoms with van der Waals surface area (Å²) in [7, 11) is -2.93. The second kappa shape index (κ2) is 7.94. The van der Waals surface area contributed by atoms with Crippen LogP contribution in [0.15, 0.2) is 17.2 Å². The van der Waals surface area contributed by atoms with E-state index >= 15 is 0 Å². The number of alkyl halides is 2. The first-order valence-corrected chi connectivity index (χ1v) is 11.6. The van der Waals surface area contributed by atoms with Crippen molar-refractivity contribution in [3.8, 4) is 10.8 Å². The molecule has 1 aliphatic carbocycles. The fraction of sp³-hybridized carbons (Fsp3) is 0.389. The van der Waals surface area contributed by atoms with Crippen molar-refractivity contribution in [1.82, 2.24) is 24.3 Å². The van der Waals surface area contributed by atoms with Crippen LogP contribution in [-0.2, 0) is 26.0 Å². The Balaban J connectivity index is 1.99. The zero-order chi connectivity index (χ0) is 23.3. The van der Waals surface area contributed by atoms with Gasteiger partial charge in [0.2, 0.25) is 10.0 Å². The van der Waals surface area contributed by atoms with E-state index in [0.29, 0.717) is 30.5 Å². The van der Waals surface area contributed by atoms with Crippen molar-refractivity contribution < 1.29 is 31.5 Å². The van der Waals surface area contributed by atoms with Gasteiger partial charge in [-0.05, 0) is 25.8 Å². The molecule has 3 aromatic heterocycles. The number of methoxy groups -OCH3 is 1. The number of hydrogen-bond acceptors (Lipinski definition) is 9. The first-order valence-electron chi connectivity index (χ1n) is 9.31. The average molecular weight is 485 g/mol. The van der Waals surface area contributed by atoms with E-state index in [9.17, 15) is 26.8 Å². The van der Waals surface area contributed by atoms with Crippen molar-refractivity contribution in [2.24, 2.45) is 0 Å². The second-order valence-electron chi connectivity index (χ2n) is 7.46. The molecule has 0 saturated heterocycles. The highest BCUT2D eigenvalue weighted by molar-refractivity contribution is 7.89. The van der Waals surface area contributed by atoms with Gasteiger partial charge in [-0.15, -0.1) is 10.2 Å². The molecule has 1 fully saturated rings. The standard InChI is InChI=1S/C18H17F2N5O5S2/c1-18(4-5-18)24-32(28,29)9-7-10(17(27)30-2)12-11(3-6-26)21-14(25(12)8-9)16-23-22-15(31-16)13(19)20/h6-8,13,24H,3-5H2,1-2H3. The largest absolute Gasteiger partial charge is 0.465 e. The third kappa shape index (κ3) is 4.00. The van der Waals surface area contributed by atoms with Gasteiger partial charge in [-0.25, -0.2) is 31.7 Å². The van der Waals surface area contributed by atoms with Crippen LogP contribution in [0.25, 0.3) is 16.3 Å². The minimum atomic E-state index is -4.05. The van der Waals surface area contributed by atoms with Crippen molar-refractivity contribution in [2.45, 2.75) is 43.0 Å². The Morgan fingerprint density at radius 1 is 1.41 bits per heavy atom. The van der Waals surface area contributed by atoms with Crippen LogP contribution in [0.2, 0.25) is 0 Å². The lowest BCUT2D eigenvalue weighted by molar-refractivity contribution is -0.107. The molecule has 14 heteroatoms. The molecule has 3 aromatic rings. The molecule has 0 radical (unpaired) electrons. The molecule has 0 bridgehead atoms. The second-order valence-corrected chi connectivity index (χ2v) is 10.2. The number of rotatable bonds is 8.